The Labute approximate surface area is 134 Å². The fourth-order valence-corrected chi connectivity index (χ4v) is 6.40. The molecule has 0 fully saturated rings. The van der Waals surface area contributed by atoms with Gasteiger partial charge in [0.2, 0.25) is 0 Å². The van der Waals surface area contributed by atoms with Crippen molar-refractivity contribution in [1.82, 2.24) is 0 Å². The third kappa shape index (κ3) is 4.97. The van der Waals surface area contributed by atoms with Gasteiger partial charge in [-0.3, -0.25) is 0 Å². The Morgan fingerprint density at radius 2 is 0.905 bits per heavy atom. The molecule has 0 aromatic rings. The first-order valence-electron chi connectivity index (χ1n) is 8.91. The van der Waals surface area contributed by atoms with Crippen LogP contribution in [0.25, 0.3) is 0 Å². The molecule has 0 saturated heterocycles. The molecule has 0 saturated carbocycles. The van der Waals surface area contributed by atoms with E-state index in [-0.39, 0.29) is 22.3 Å². The Bertz CT molecular complexity index is 345. The van der Waals surface area contributed by atoms with Gasteiger partial charge in [-0.05, 0) is 37.5 Å². The predicted octanol–water partition coefficient (Wildman–Crippen LogP) is 5.32. The van der Waals surface area contributed by atoms with E-state index in [1.165, 1.54) is 0 Å². The molecule has 6 unspecified atom stereocenters. The first-order valence-corrected chi connectivity index (χ1v) is 10.5. The van der Waals surface area contributed by atoms with E-state index >= 15 is 0 Å². The van der Waals surface area contributed by atoms with Gasteiger partial charge >= 0.3 is 0 Å². The van der Waals surface area contributed by atoms with E-state index in [1.807, 2.05) is 13.8 Å². The van der Waals surface area contributed by atoms with E-state index in [2.05, 4.69) is 41.5 Å². The first-order chi connectivity index (χ1) is 9.68. The molecule has 6 atom stereocenters. The maximum absolute atomic E-state index is 13.1. The molecule has 128 valence electrons. The van der Waals surface area contributed by atoms with Crippen molar-refractivity contribution in [1.29, 1.82) is 0 Å². The average Bonchev–Trinajstić information content (AvgIpc) is 2.47. The van der Waals surface area contributed by atoms with E-state index < -0.39 is 9.84 Å². The van der Waals surface area contributed by atoms with Gasteiger partial charge in [-0.15, -0.1) is 0 Å². The van der Waals surface area contributed by atoms with Crippen molar-refractivity contribution in [3.63, 3.8) is 0 Å². The van der Waals surface area contributed by atoms with Gasteiger partial charge in [-0.2, -0.15) is 0 Å². The van der Waals surface area contributed by atoms with Crippen LogP contribution in [-0.2, 0) is 9.84 Å². The van der Waals surface area contributed by atoms with Crippen LogP contribution in [0.5, 0.6) is 0 Å². The molecular formula is C18H38O2S. The molecule has 0 radical (unpaired) electrons. The Morgan fingerprint density at radius 1 is 0.619 bits per heavy atom. The quantitative estimate of drug-likeness (QED) is 0.546. The van der Waals surface area contributed by atoms with Gasteiger partial charge < -0.3 is 0 Å². The molecule has 0 rings (SSSR count). The number of sulfone groups is 1. The molecule has 0 aliphatic carbocycles. The molecule has 0 N–H and O–H groups in total. The van der Waals surface area contributed by atoms with Crippen molar-refractivity contribution >= 4 is 9.84 Å². The summed E-state index contributed by atoms with van der Waals surface area (Å²) in [5, 5.41) is -0.462. The summed E-state index contributed by atoms with van der Waals surface area (Å²) >= 11 is 0. The zero-order valence-electron chi connectivity index (χ0n) is 15.5. The molecule has 0 aliphatic heterocycles. The molecule has 0 spiro atoms. The number of hydrogen-bond acceptors (Lipinski definition) is 2. The zero-order valence-corrected chi connectivity index (χ0v) is 16.3. The van der Waals surface area contributed by atoms with Crippen LogP contribution in [0.3, 0.4) is 0 Å². The van der Waals surface area contributed by atoms with Gasteiger partial charge in [0.15, 0.2) is 9.84 Å². The molecule has 0 amide bonds. The highest BCUT2D eigenvalue weighted by Gasteiger charge is 2.38. The van der Waals surface area contributed by atoms with Gasteiger partial charge in [0, 0.05) is 0 Å². The maximum Gasteiger partial charge on any atom is 0.156 e. The van der Waals surface area contributed by atoms with Gasteiger partial charge in [-0.25, -0.2) is 8.42 Å². The summed E-state index contributed by atoms with van der Waals surface area (Å²) in [6, 6.07) is 0. The summed E-state index contributed by atoms with van der Waals surface area (Å²) in [5.74, 6) is 1.49. The SMILES string of the molecule is CCC(C)C(CC)C(C)S(=O)(=O)C(C)C(CC)C(C)CC. The van der Waals surface area contributed by atoms with Crippen LogP contribution in [0.4, 0.5) is 0 Å². The highest BCUT2D eigenvalue weighted by molar-refractivity contribution is 7.92. The molecule has 0 heterocycles. The topological polar surface area (TPSA) is 34.1 Å². The first kappa shape index (κ1) is 20.9. The minimum atomic E-state index is -3.07. The lowest BCUT2D eigenvalue weighted by Gasteiger charge is -2.34. The van der Waals surface area contributed by atoms with Crippen molar-refractivity contribution in [2.75, 3.05) is 0 Å². The minimum Gasteiger partial charge on any atom is -0.228 e. The molecule has 0 aromatic heterocycles. The third-order valence-corrected chi connectivity index (χ3v) is 8.71. The van der Waals surface area contributed by atoms with Crippen LogP contribution >= 0.6 is 0 Å². The zero-order chi connectivity index (χ0) is 16.8. The number of rotatable bonds is 10. The van der Waals surface area contributed by atoms with Crippen LogP contribution in [0, 0.1) is 23.7 Å². The molecule has 3 heteroatoms. The van der Waals surface area contributed by atoms with Crippen LogP contribution < -0.4 is 0 Å². The van der Waals surface area contributed by atoms with Crippen molar-refractivity contribution < 1.29 is 8.42 Å². The Morgan fingerprint density at radius 3 is 1.10 bits per heavy atom. The van der Waals surface area contributed by atoms with Crippen molar-refractivity contribution in [2.45, 2.75) is 91.6 Å². The third-order valence-electron chi connectivity index (χ3n) is 5.93. The van der Waals surface area contributed by atoms with Crippen molar-refractivity contribution in [3.05, 3.63) is 0 Å². The summed E-state index contributed by atoms with van der Waals surface area (Å²) in [6.45, 7) is 16.8. The fourth-order valence-electron chi connectivity index (χ4n) is 3.83. The van der Waals surface area contributed by atoms with Crippen molar-refractivity contribution in [2.24, 2.45) is 23.7 Å². The fraction of sp³-hybridized carbons (Fsp3) is 1.00. The lowest BCUT2D eigenvalue weighted by atomic mass is 9.87. The number of hydrogen-bond donors (Lipinski definition) is 0. The van der Waals surface area contributed by atoms with Gasteiger partial charge in [-0.1, -0.05) is 67.2 Å². The van der Waals surface area contributed by atoms with E-state index in [1.54, 1.807) is 0 Å². The summed E-state index contributed by atoms with van der Waals surface area (Å²) in [4.78, 5) is 0. The van der Waals surface area contributed by atoms with Crippen LogP contribution in [0.2, 0.25) is 0 Å². The standard InChI is InChI=1S/C18H38O2S/c1-9-13(5)17(11-3)15(7)21(19,20)16(8)18(12-4)14(6)10-2/h13-18H,9-12H2,1-8H3. The predicted molar refractivity (Wildman–Crippen MR) is 94.3 cm³/mol. The molecule has 2 nitrogen and oxygen atoms in total. The lowest BCUT2D eigenvalue weighted by molar-refractivity contribution is 0.308. The second-order valence-corrected chi connectivity index (χ2v) is 9.58. The van der Waals surface area contributed by atoms with Crippen molar-refractivity contribution in [3.8, 4) is 0 Å². The highest BCUT2D eigenvalue weighted by atomic mass is 32.2. The molecule has 0 bridgehead atoms. The summed E-state index contributed by atoms with van der Waals surface area (Å²) in [6.07, 6.45) is 4.00. The van der Waals surface area contributed by atoms with E-state index in [0.717, 1.165) is 25.7 Å². The van der Waals surface area contributed by atoms with Gasteiger partial charge in [0.1, 0.15) is 0 Å². The Kier molecular flexibility index (Phi) is 9.15. The molecule has 21 heavy (non-hydrogen) atoms. The second kappa shape index (κ2) is 9.17. The largest absolute Gasteiger partial charge is 0.228 e. The van der Waals surface area contributed by atoms with E-state index in [9.17, 15) is 8.42 Å². The molecule has 0 aliphatic rings. The van der Waals surface area contributed by atoms with Crippen LogP contribution in [-0.4, -0.2) is 18.9 Å². The van der Waals surface area contributed by atoms with E-state index in [4.69, 9.17) is 0 Å². The molecular weight excluding hydrogens is 280 g/mol. The lowest BCUT2D eigenvalue weighted by Crippen LogP contribution is -2.41. The summed E-state index contributed by atoms with van der Waals surface area (Å²) in [7, 11) is -3.07. The van der Waals surface area contributed by atoms with Gasteiger partial charge in [0.05, 0.1) is 10.5 Å². The summed E-state index contributed by atoms with van der Waals surface area (Å²) < 4.78 is 26.1. The second-order valence-electron chi connectivity index (χ2n) is 6.91. The minimum absolute atomic E-state index is 0.231. The monoisotopic (exact) mass is 318 g/mol. The van der Waals surface area contributed by atoms with Crippen LogP contribution in [0.15, 0.2) is 0 Å². The molecule has 0 aromatic carbocycles. The summed E-state index contributed by atoms with van der Waals surface area (Å²) in [5.41, 5.74) is 0. The Balaban J connectivity index is 5.34. The van der Waals surface area contributed by atoms with Crippen LogP contribution in [0.1, 0.15) is 81.1 Å². The maximum atomic E-state index is 13.1. The normalized spacial score (nSPS) is 21.3. The van der Waals surface area contributed by atoms with E-state index in [0.29, 0.717) is 11.8 Å². The van der Waals surface area contributed by atoms with Gasteiger partial charge in [0.25, 0.3) is 0 Å². The Hall–Kier alpha value is -0.0500. The highest BCUT2D eigenvalue weighted by Crippen LogP contribution is 2.34. The smallest absolute Gasteiger partial charge is 0.156 e. The average molecular weight is 319 g/mol.